The molecule has 6 atom stereocenters. The number of hydrogen-bond donors (Lipinski definition) is 3. The maximum absolute atomic E-state index is 13.5. The molecule has 5 rings (SSSR count). The minimum Gasteiger partial charge on any atom is -0.444 e. The van der Waals surface area contributed by atoms with Crippen LogP contribution in [-0.4, -0.2) is 100.0 Å². The number of nitrogens with zero attached hydrogens (tertiary/aromatic N) is 6. The Hall–Kier alpha value is -3.28. The van der Waals surface area contributed by atoms with E-state index < -0.39 is 54.2 Å². The maximum atomic E-state index is 13.5. The first-order valence-electron chi connectivity index (χ1n) is 14.7. The van der Waals surface area contributed by atoms with Gasteiger partial charge in [0.2, 0.25) is 11.8 Å². The van der Waals surface area contributed by atoms with Gasteiger partial charge in [0.1, 0.15) is 23.5 Å². The summed E-state index contributed by atoms with van der Waals surface area (Å²) in [6.07, 6.45) is 1.03. The lowest BCUT2D eigenvalue weighted by molar-refractivity contribution is -0.141. The molecule has 3 N–H and O–H groups in total. The summed E-state index contributed by atoms with van der Waals surface area (Å²) >= 11 is 1.07. The van der Waals surface area contributed by atoms with Crippen LogP contribution in [0.3, 0.4) is 0 Å². The molecule has 45 heavy (non-hydrogen) atoms. The first-order valence-corrected chi connectivity index (χ1v) is 15.6. The molecular weight excluding hydrogens is 617 g/mol. The second kappa shape index (κ2) is 13.6. The van der Waals surface area contributed by atoms with E-state index in [2.05, 4.69) is 35.8 Å². The van der Waals surface area contributed by atoms with E-state index in [4.69, 9.17) is 13.9 Å². The monoisotopic (exact) mass is 654 g/mol. The maximum Gasteiger partial charge on any atom is 0.411 e. The third-order valence-corrected chi connectivity index (χ3v) is 8.47. The fourth-order valence-corrected chi connectivity index (χ4v) is 6.38. The fraction of sp³-hybridized carbons (Fsp3) is 0.643. The summed E-state index contributed by atoms with van der Waals surface area (Å²) in [5, 5.41) is 24.6. The lowest BCUT2D eigenvalue weighted by Crippen LogP contribution is -2.45. The van der Waals surface area contributed by atoms with Crippen molar-refractivity contribution in [2.75, 3.05) is 32.1 Å². The summed E-state index contributed by atoms with van der Waals surface area (Å²) in [4.78, 5) is 27.4. The topological polar surface area (TPSA) is 159 Å². The molecule has 4 aliphatic heterocycles. The van der Waals surface area contributed by atoms with Gasteiger partial charge in [0.25, 0.3) is 0 Å². The number of morpholine rings is 1. The third kappa shape index (κ3) is 8.12. The molecule has 0 radical (unpaired) electrons. The van der Waals surface area contributed by atoms with E-state index in [1.54, 1.807) is 45.4 Å². The molecule has 246 valence electrons. The molecule has 1 aromatic rings. The predicted molar refractivity (Wildman–Crippen MR) is 161 cm³/mol. The highest BCUT2D eigenvalue weighted by molar-refractivity contribution is 8.14. The number of ether oxygens (including phenoxy) is 2. The van der Waals surface area contributed by atoms with Crippen LogP contribution in [-0.2, 0) is 9.47 Å². The van der Waals surface area contributed by atoms with Crippen molar-refractivity contribution in [1.29, 1.82) is 0 Å². The second-order valence-electron chi connectivity index (χ2n) is 11.8. The van der Waals surface area contributed by atoms with E-state index in [9.17, 15) is 23.1 Å². The number of aliphatic imine (C=N–C) groups is 3. The molecular formula is C28H37F3N8O5S. The van der Waals surface area contributed by atoms with E-state index >= 15 is 0 Å². The van der Waals surface area contributed by atoms with Crippen LogP contribution in [0.15, 0.2) is 42.9 Å². The first kappa shape index (κ1) is 33.1. The van der Waals surface area contributed by atoms with Gasteiger partial charge in [0, 0.05) is 43.0 Å². The minimum absolute atomic E-state index is 0.157. The number of nitrogens with one attached hydrogen (secondary N) is 2. The van der Waals surface area contributed by atoms with Gasteiger partial charge in [-0.15, -0.1) is 22.0 Å². The molecule has 17 heteroatoms. The molecule has 1 aromatic heterocycles. The molecule has 13 nitrogen and oxygen atoms in total. The van der Waals surface area contributed by atoms with Crippen molar-refractivity contribution in [1.82, 2.24) is 25.7 Å². The molecule has 5 unspecified atom stereocenters. The number of halogens is 3. The van der Waals surface area contributed by atoms with Crippen LogP contribution in [0.25, 0.3) is 0 Å². The number of allylic oxidation sites excluding steroid dienone is 2. The summed E-state index contributed by atoms with van der Waals surface area (Å²) in [5.41, 5.74) is 0.148. The minimum atomic E-state index is -4.45. The van der Waals surface area contributed by atoms with Gasteiger partial charge in [-0.2, -0.15) is 13.2 Å². The number of amides is 1. The Balaban J connectivity index is 1.34. The largest absolute Gasteiger partial charge is 0.444 e. The van der Waals surface area contributed by atoms with Crippen molar-refractivity contribution in [2.45, 2.75) is 70.4 Å². The fourth-order valence-electron chi connectivity index (χ4n) is 5.18. The molecule has 5 heterocycles. The van der Waals surface area contributed by atoms with Crippen LogP contribution in [0.4, 0.5) is 18.0 Å². The summed E-state index contributed by atoms with van der Waals surface area (Å²) in [7, 11) is 0. The molecule has 0 aromatic carbocycles. The molecule has 0 spiro atoms. The van der Waals surface area contributed by atoms with Crippen molar-refractivity contribution in [3.8, 4) is 0 Å². The van der Waals surface area contributed by atoms with E-state index in [0.717, 1.165) is 17.3 Å². The molecule has 4 aliphatic rings. The number of rotatable bonds is 8. The van der Waals surface area contributed by atoms with Crippen molar-refractivity contribution in [3.63, 3.8) is 0 Å². The standard InChI is InChI=1S/C28H37F3N8O5S/c1-5-32-25(40)36-21-11-16(24-35-20(14-45-24)28(29,30)31)17(12-34-21)15-6-7-33-18(10-15)22-37-38-23(43-22)19-13-42-9-8-39(19)26(41)44-27(2,3)4/h6-7,11-12,16-20,25,32,36,40H,5,8-10,13-14H2,1-4H3/t16?,17?,18?,19-,20?,25?/m1/s1. The summed E-state index contributed by atoms with van der Waals surface area (Å²) in [6, 6.07) is -3.00. The third-order valence-electron chi connectivity index (χ3n) is 7.31. The second-order valence-corrected chi connectivity index (χ2v) is 12.9. The van der Waals surface area contributed by atoms with E-state index in [1.807, 2.05) is 6.92 Å². The van der Waals surface area contributed by atoms with Gasteiger partial charge >= 0.3 is 12.3 Å². The zero-order valence-electron chi connectivity index (χ0n) is 25.3. The number of hydrogen-bond acceptors (Lipinski definition) is 13. The number of dihydropyridines is 1. The Morgan fingerprint density at radius 3 is 2.73 bits per heavy atom. The van der Waals surface area contributed by atoms with Gasteiger partial charge in [-0.05, 0) is 39.5 Å². The lowest BCUT2D eigenvalue weighted by atomic mass is 9.81. The van der Waals surface area contributed by atoms with Crippen LogP contribution < -0.4 is 10.6 Å². The summed E-state index contributed by atoms with van der Waals surface area (Å²) < 4.78 is 57.7. The number of aliphatic hydroxyl groups excluding tert-OH is 1. The van der Waals surface area contributed by atoms with E-state index in [1.165, 1.54) is 4.90 Å². The molecule has 0 bridgehead atoms. The highest BCUT2D eigenvalue weighted by atomic mass is 32.2. The summed E-state index contributed by atoms with van der Waals surface area (Å²) in [6.45, 7) is 8.46. The first-order chi connectivity index (χ1) is 21.3. The summed E-state index contributed by atoms with van der Waals surface area (Å²) in [5.74, 6) is -0.467. The Bertz CT molecular complexity index is 1390. The van der Waals surface area contributed by atoms with Crippen molar-refractivity contribution in [3.05, 3.63) is 35.3 Å². The molecule has 1 amide bonds. The average molecular weight is 655 g/mol. The van der Waals surface area contributed by atoms with E-state index in [0.29, 0.717) is 37.0 Å². The normalized spacial score (nSPS) is 28.0. The number of carbonyl (C=O) groups excluding carboxylic acids is 1. The van der Waals surface area contributed by atoms with Gasteiger partial charge in [-0.3, -0.25) is 20.2 Å². The van der Waals surface area contributed by atoms with Crippen LogP contribution in [0, 0.1) is 11.8 Å². The van der Waals surface area contributed by atoms with Gasteiger partial charge in [-0.1, -0.05) is 12.5 Å². The van der Waals surface area contributed by atoms with Gasteiger partial charge in [-0.25, -0.2) is 9.79 Å². The van der Waals surface area contributed by atoms with Crippen LogP contribution in [0.2, 0.25) is 0 Å². The van der Waals surface area contributed by atoms with Gasteiger partial charge in [0.15, 0.2) is 12.4 Å². The Morgan fingerprint density at radius 1 is 1.24 bits per heavy atom. The Morgan fingerprint density at radius 2 is 2.02 bits per heavy atom. The van der Waals surface area contributed by atoms with Crippen LogP contribution in [0.5, 0.6) is 0 Å². The molecule has 0 saturated carbocycles. The van der Waals surface area contributed by atoms with Crippen molar-refractivity contribution < 1.29 is 37.0 Å². The smallest absolute Gasteiger partial charge is 0.411 e. The quantitative estimate of drug-likeness (QED) is 0.354. The predicted octanol–water partition coefficient (Wildman–Crippen LogP) is 3.53. The van der Waals surface area contributed by atoms with Gasteiger partial charge in [0.05, 0.1) is 18.3 Å². The Labute approximate surface area is 262 Å². The average Bonchev–Trinajstić information content (AvgIpc) is 3.68. The number of aliphatic hydroxyl groups is 1. The number of thioether (sulfide) groups is 1. The number of alkyl halides is 3. The highest BCUT2D eigenvalue weighted by Gasteiger charge is 2.45. The molecule has 0 aliphatic carbocycles. The zero-order valence-corrected chi connectivity index (χ0v) is 26.1. The van der Waals surface area contributed by atoms with Crippen LogP contribution >= 0.6 is 11.8 Å². The SMILES string of the molecule is CCNC(O)NC1=CC(C2=NC(C(F)(F)F)CS2)C(C2=CC=NC(c3nnc([C@H]4COCCN4C(=O)OC(C)(C)C)o3)C2)C=N1. The highest BCUT2D eigenvalue weighted by Crippen LogP contribution is 2.41. The zero-order chi connectivity index (χ0) is 32.4. The van der Waals surface area contributed by atoms with Gasteiger partial charge < -0.3 is 24.3 Å². The molecule has 1 fully saturated rings. The van der Waals surface area contributed by atoms with Crippen LogP contribution in [0.1, 0.15) is 58.0 Å². The van der Waals surface area contributed by atoms with E-state index in [-0.39, 0.29) is 24.1 Å². The lowest BCUT2D eigenvalue weighted by Gasteiger charge is -2.34. The van der Waals surface area contributed by atoms with Crippen molar-refractivity contribution in [2.24, 2.45) is 26.8 Å². The number of carbonyl (C=O) groups is 1. The van der Waals surface area contributed by atoms with Crippen molar-refractivity contribution >= 4 is 35.3 Å². The Kier molecular flexibility index (Phi) is 10.0. The molecule has 1 saturated heterocycles. The number of aromatic nitrogens is 2.